The van der Waals surface area contributed by atoms with E-state index in [0.29, 0.717) is 17.9 Å². The molecule has 0 unspecified atom stereocenters. The van der Waals surface area contributed by atoms with Crippen molar-refractivity contribution in [1.82, 2.24) is 40.5 Å². The van der Waals surface area contributed by atoms with Gasteiger partial charge >= 0.3 is 0 Å². The number of carbonyl (C=O) groups is 1. The number of nitrogens with zero attached hydrogens (tertiary/aromatic N) is 6. The first-order valence-electron chi connectivity index (χ1n) is 14.4. The minimum absolute atomic E-state index is 0.0532. The standard InChI is InChI=1S/C30H37N9O3/c1-18-25(16-32-37-18)35-29-31-11-7-23(34-29)19-5-6-22-20(15-19)17-39(21-9-13-41-14-10-21)12-8-24(22)33-27(40)26-36-28(42-38-26)30(2,3)4/h5-7,11,15-16,21,24H,8-10,12-14,17H2,1-4H3,(H,32,37)(H,33,40)(H,31,34,35)/t24-/m0/s1. The van der Waals surface area contributed by atoms with E-state index in [0.717, 1.165) is 79.3 Å². The highest BCUT2D eigenvalue weighted by Crippen LogP contribution is 2.33. The van der Waals surface area contributed by atoms with Crippen molar-refractivity contribution in [3.63, 3.8) is 0 Å². The van der Waals surface area contributed by atoms with E-state index < -0.39 is 0 Å². The van der Waals surface area contributed by atoms with Gasteiger partial charge in [-0.2, -0.15) is 10.1 Å². The smallest absolute Gasteiger partial charge is 0.293 e. The molecule has 5 heterocycles. The van der Waals surface area contributed by atoms with Crippen LogP contribution in [0.2, 0.25) is 0 Å². The van der Waals surface area contributed by atoms with Gasteiger partial charge in [-0.05, 0) is 49.4 Å². The summed E-state index contributed by atoms with van der Waals surface area (Å²) in [4.78, 5) is 29.4. The second-order valence-electron chi connectivity index (χ2n) is 12.0. The Balaban J connectivity index is 1.29. The van der Waals surface area contributed by atoms with Crippen molar-refractivity contribution in [1.29, 1.82) is 0 Å². The third kappa shape index (κ3) is 6.04. The van der Waals surface area contributed by atoms with Crippen molar-refractivity contribution in [2.24, 2.45) is 0 Å². The fourth-order valence-electron chi connectivity index (χ4n) is 5.52. The number of fused-ring (bicyclic) bond motifs is 1. The molecule has 3 N–H and O–H groups in total. The number of H-pyrrole nitrogens is 1. The van der Waals surface area contributed by atoms with E-state index >= 15 is 0 Å². The topological polar surface area (TPSA) is 147 Å². The number of nitrogens with one attached hydrogen (secondary N) is 3. The van der Waals surface area contributed by atoms with Gasteiger partial charge in [0.25, 0.3) is 11.7 Å². The van der Waals surface area contributed by atoms with E-state index in [-0.39, 0.29) is 23.2 Å². The quantitative estimate of drug-likeness (QED) is 0.303. The maximum atomic E-state index is 13.3. The predicted molar refractivity (Wildman–Crippen MR) is 156 cm³/mol. The normalized spacial score (nSPS) is 18.3. The molecule has 12 nitrogen and oxygen atoms in total. The maximum absolute atomic E-state index is 13.3. The lowest BCUT2D eigenvalue weighted by molar-refractivity contribution is 0.0309. The van der Waals surface area contributed by atoms with Crippen LogP contribution in [0.3, 0.4) is 0 Å². The predicted octanol–water partition coefficient (Wildman–Crippen LogP) is 4.46. The average Bonchev–Trinajstić information content (AvgIpc) is 3.61. The van der Waals surface area contributed by atoms with Crippen LogP contribution in [0, 0.1) is 6.92 Å². The zero-order valence-corrected chi connectivity index (χ0v) is 24.5. The first kappa shape index (κ1) is 28.0. The molecule has 0 aliphatic carbocycles. The number of aryl methyl sites for hydroxylation is 1. The number of benzene rings is 1. The number of ether oxygens (including phenoxy) is 1. The van der Waals surface area contributed by atoms with E-state index in [2.05, 4.69) is 59.1 Å². The second-order valence-corrected chi connectivity index (χ2v) is 12.0. The van der Waals surface area contributed by atoms with Crippen molar-refractivity contribution in [2.45, 2.75) is 71.0 Å². The molecular formula is C30H37N9O3. The Labute approximate surface area is 244 Å². The van der Waals surface area contributed by atoms with Gasteiger partial charge in [0.05, 0.1) is 29.3 Å². The minimum atomic E-state index is -0.338. The molecule has 1 fully saturated rings. The van der Waals surface area contributed by atoms with Crippen LogP contribution in [0.5, 0.6) is 0 Å². The molecule has 4 aromatic rings. The Hall–Kier alpha value is -4.16. The summed E-state index contributed by atoms with van der Waals surface area (Å²) in [6, 6.07) is 8.50. The molecule has 220 valence electrons. The summed E-state index contributed by atoms with van der Waals surface area (Å²) < 4.78 is 11.0. The second kappa shape index (κ2) is 11.6. The minimum Gasteiger partial charge on any atom is -0.381 e. The SMILES string of the molecule is Cc1[nH]ncc1Nc1nccc(-c2ccc3c(c2)CN(C2CCOCC2)CC[C@@H]3NC(=O)c2noc(C(C)(C)C)n2)n1. The van der Waals surface area contributed by atoms with Gasteiger partial charge in [-0.3, -0.25) is 14.8 Å². The lowest BCUT2D eigenvalue weighted by Gasteiger charge is -2.33. The maximum Gasteiger partial charge on any atom is 0.293 e. The van der Waals surface area contributed by atoms with Crippen LogP contribution in [0.1, 0.15) is 79.4 Å². The van der Waals surface area contributed by atoms with Gasteiger partial charge in [-0.15, -0.1) is 0 Å². The van der Waals surface area contributed by atoms with Crippen molar-refractivity contribution >= 4 is 17.5 Å². The van der Waals surface area contributed by atoms with Gasteiger partial charge in [0.1, 0.15) is 0 Å². The third-order valence-corrected chi connectivity index (χ3v) is 7.91. The lowest BCUT2D eigenvalue weighted by Crippen LogP contribution is -2.39. The summed E-state index contributed by atoms with van der Waals surface area (Å²) in [6.07, 6.45) is 6.23. The first-order chi connectivity index (χ1) is 20.2. The Morgan fingerprint density at radius 3 is 2.69 bits per heavy atom. The van der Waals surface area contributed by atoms with Crippen LogP contribution in [0.15, 0.2) is 41.2 Å². The molecule has 0 bridgehead atoms. The molecule has 6 rings (SSSR count). The molecule has 0 saturated carbocycles. The molecule has 0 radical (unpaired) electrons. The van der Waals surface area contributed by atoms with Crippen LogP contribution < -0.4 is 10.6 Å². The molecule has 1 amide bonds. The number of rotatable bonds is 6. The molecule has 1 aromatic carbocycles. The summed E-state index contributed by atoms with van der Waals surface area (Å²) in [6.45, 7) is 11.0. The Morgan fingerprint density at radius 1 is 1.12 bits per heavy atom. The Morgan fingerprint density at radius 2 is 1.95 bits per heavy atom. The van der Waals surface area contributed by atoms with Crippen molar-refractivity contribution in [3.8, 4) is 11.3 Å². The molecule has 12 heteroatoms. The van der Waals surface area contributed by atoms with E-state index in [1.54, 1.807) is 12.4 Å². The average molecular weight is 572 g/mol. The van der Waals surface area contributed by atoms with Crippen LogP contribution in [0.4, 0.5) is 11.6 Å². The van der Waals surface area contributed by atoms with Crippen molar-refractivity contribution in [2.75, 3.05) is 25.1 Å². The molecule has 1 atom stereocenters. The molecule has 2 aliphatic rings. The number of hydrogen-bond donors (Lipinski definition) is 3. The fraction of sp³-hybridized carbons (Fsp3) is 0.467. The van der Waals surface area contributed by atoms with Crippen LogP contribution in [-0.2, 0) is 16.7 Å². The summed E-state index contributed by atoms with van der Waals surface area (Å²) in [5.41, 5.74) is 5.43. The first-order valence-corrected chi connectivity index (χ1v) is 14.4. The molecule has 2 aliphatic heterocycles. The van der Waals surface area contributed by atoms with Gasteiger partial charge in [0.15, 0.2) is 0 Å². The molecular weight excluding hydrogens is 534 g/mol. The number of carbonyl (C=O) groups excluding carboxylic acids is 1. The summed E-state index contributed by atoms with van der Waals surface area (Å²) in [7, 11) is 0. The Kier molecular flexibility index (Phi) is 7.74. The third-order valence-electron chi connectivity index (χ3n) is 7.91. The highest BCUT2D eigenvalue weighted by Gasteiger charge is 2.31. The number of hydrogen-bond acceptors (Lipinski definition) is 10. The fourth-order valence-corrected chi connectivity index (χ4v) is 5.52. The lowest BCUT2D eigenvalue weighted by atomic mass is 9.96. The summed E-state index contributed by atoms with van der Waals surface area (Å²) in [5.74, 6) is 0.647. The van der Waals surface area contributed by atoms with E-state index in [1.807, 2.05) is 33.8 Å². The number of amides is 1. The van der Waals surface area contributed by atoms with Crippen LogP contribution >= 0.6 is 0 Å². The van der Waals surface area contributed by atoms with Gasteiger partial charge in [0, 0.05) is 49.5 Å². The zero-order chi connectivity index (χ0) is 29.3. The summed E-state index contributed by atoms with van der Waals surface area (Å²) >= 11 is 0. The van der Waals surface area contributed by atoms with Crippen molar-refractivity contribution < 1.29 is 14.1 Å². The van der Waals surface area contributed by atoms with Crippen LogP contribution in [0.25, 0.3) is 11.3 Å². The molecule has 42 heavy (non-hydrogen) atoms. The van der Waals surface area contributed by atoms with E-state index in [1.165, 1.54) is 0 Å². The van der Waals surface area contributed by atoms with Gasteiger partial charge in [0.2, 0.25) is 11.8 Å². The van der Waals surface area contributed by atoms with Gasteiger partial charge in [-0.1, -0.05) is 38.1 Å². The summed E-state index contributed by atoms with van der Waals surface area (Å²) in [5, 5.41) is 17.4. The van der Waals surface area contributed by atoms with Crippen LogP contribution in [-0.4, -0.2) is 66.9 Å². The largest absolute Gasteiger partial charge is 0.381 e. The number of aromatic amines is 1. The molecule has 1 saturated heterocycles. The van der Waals surface area contributed by atoms with Gasteiger partial charge in [-0.25, -0.2) is 9.97 Å². The van der Waals surface area contributed by atoms with Gasteiger partial charge < -0.3 is 19.9 Å². The highest BCUT2D eigenvalue weighted by atomic mass is 16.5. The monoisotopic (exact) mass is 571 g/mol. The molecule has 0 spiro atoms. The van der Waals surface area contributed by atoms with Crippen molar-refractivity contribution in [3.05, 3.63) is 65.2 Å². The van der Waals surface area contributed by atoms with E-state index in [9.17, 15) is 4.79 Å². The zero-order valence-electron chi connectivity index (χ0n) is 24.5. The highest BCUT2D eigenvalue weighted by molar-refractivity contribution is 5.90. The Bertz CT molecular complexity index is 1550. The molecule has 3 aromatic heterocycles. The number of anilines is 2. The number of aromatic nitrogens is 6. The van der Waals surface area contributed by atoms with E-state index in [4.69, 9.17) is 14.2 Å².